The number of nitrogens with zero attached hydrogens (tertiary/aromatic N) is 2. The van der Waals surface area contributed by atoms with Gasteiger partial charge in [0.05, 0.1) is 11.5 Å². The van der Waals surface area contributed by atoms with Gasteiger partial charge in [-0.1, -0.05) is 0 Å². The number of hydrogen-bond acceptors (Lipinski definition) is 4. The molecule has 2 rings (SSSR count). The summed E-state index contributed by atoms with van der Waals surface area (Å²) in [6.45, 7) is 0.129. The number of carbonyl (C=O) groups is 1. The van der Waals surface area contributed by atoms with Gasteiger partial charge in [-0.05, 0) is 12.5 Å². The highest BCUT2D eigenvalue weighted by atomic mass is 32.2. The predicted octanol–water partition coefficient (Wildman–Crippen LogP) is -0.814. The van der Waals surface area contributed by atoms with E-state index in [2.05, 4.69) is 10.4 Å². The molecule has 0 aliphatic carbocycles. The molecule has 1 fully saturated rings. The Labute approximate surface area is 93.6 Å². The molecule has 7 heteroatoms. The molecular formula is C9H13N3O3S. The standard InChI is InChI=1S/C9H13N3O3S/c13-9(6-12-4-1-3-10-12)11-8-2-5-16(14,15)7-8/h1,3-4,8H,2,5-7H2,(H,11,13). The van der Waals surface area contributed by atoms with Crippen LogP contribution in [0.15, 0.2) is 18.5 Å². The minimum absolute atomic E-state index is 0.0534. The monoisotopic (exact) mass is 243 g/mol. The summed E-state index contributed by atoms with van der Waals surface area (Å²) in [6.07, 6.45) is 3.78. The smallest absolute Gasteiger partial charge is 0.241 e. The summed E-state index contributed by atoms with van der Waals surface area (Å²) >= 11 is 0. The van der Waals surface area contributed by atoms with Crippen molar-refractivity contribution in [3.8, 4) is 0 Å². The van der Waals surface area contributed by atoms with E-state index in [0.29, 0.717) is 6.42 Å². The molecule has 0 spiro atoms. The number of carbonyl (C=O) groups excluding carboxylic acids is 1. The first-order valence-corrected chi connectivity index (χ1v) is 6.84. The first-order valence-electron chi connectivity index (χ1n) is 5.02. The van der Waals surface area contributed by atoms with E-state index in [1.807, 2.05) is 0 Å². The molecule has 88 valence electrons. The van der Waals surface area contributed by atoms with Crippen molar-refractivity contribution in [2.24, 2.45) is 0 Å². The van der Waals surface area contributed by atoms with Crippen molar-refractivity contribution in [1.82, 2.24) is 15.1 Å². The van der Waals surface area contributed by atoms with Crippen molar-refractivity contribution in [3.05, 3.63) is 18.5 Å². The molecule has 0 saturated carbocycles. The van der Waals surface area contributed by atoms with E-state index in [4.69, 9.17) is 0 Å². The van der Waals surface area contributed by atoms with Crippen molar-refractivity contribution in [3.63, 3.8) is 0 Å². The summed E-state index contributed by atoms with van der Waals surface area (Å²) in [5.74, 6) is 0.0168. The van der Waals surface area contributed by atoms with Crippen LogP contribution in [0.5, 0.6) is 0 Å². The number of hydrogen-bond donors (Lipinski definition) is 1. The van der Waals surface area contributed by atoms with Crippen LogP contribution in [0, 0.1) is 0 Å². The van der Waals surface area contributed by atoms with Gasteiger partial charge in [0, 0.05) is 18.4 Å². The lowest BCUT2D eigenvalue weighted by molar-refractivity contribution is -0.122. The topological polar surface area (TPSA) is 81.1 Å². The van der Waals surface area contributed by atoms with E-state index < -0.39 is 9.84 Å². The van der Waals surface area contributed by atoms with Crippen LogP contribution in [0.1, 0.15) is 6.42 Å². The lowest BCUT2D eigenvalue weighted by Gasteiger charge is -2.10. The molecule has 1 aliphatic heterocycles. The van der Waals surface area contributed by atoms with Gasteiger partial charge in [-0.15, -0.1) is 0 Å². The Morgan fingerprint density at radius 3 is 2.94 bits per heavy atom. The molecule has 6 nitrogen and oxygen atoms in total. The van der Waals surface area contributed by atoms with Gasteiger partial charge in [0.2, 0.25) is 5.91 Å². The van der Waals surface area contributed by atoms with Crippen molar-refractivity contribution in [2.75, 3.05) is 11.5 Å². The van der Waals surface area contributed by atoms with Gasteiger partial charge >= 0.3 is 0 Å². The van der Waals surface area contributed by atoms with E-state index in [-0.39, 0.29) is 30.0 Å². The van der Waals surface area contributed by atoms with Crippen LogP contribution < -0.4 is 5.32 Å². The van der Waals surface area contributed by atoms with E-state index in [0.717, 1.165) is 0 Å². The van der Waals surface area contributed by atoms with Crippen LogP contribution >= 0.6 is 0 Å². The fourth-order valence-corrected chi connectivity index (χ4v) is 3.40. The number of amides is 1. The highest BCUT2D eigenvalue weighted by molar-refractivity contribution is 7.91. The maximum absolute atomic E-state index is 11.5. The van der Waals surface area contributed by atoms with Crippen LogP contribution in [0.4, 0.5) is 0 Å². The van der Waals surface area contributed by atoms with Crippen molar-refractivity contribution < 1.29 is 13.2 Å². The Kier molecular flexibility index (Phi) is 2.95. The van der Waals surface area contributed by atoms with Gasteiger partial charge in [-0.2, -0.15) is 5.10 Å². The maximum atomic E-state index is 11.5. The summed E-state index contributed by atoms with van der Waals surface area (Å²) in [7, 11) is -2.94. The maximum Gasteiger partial charge on any atom is 0.241 e. The Bertz CT molecular complexity index is 466. The molecule has 1 aliphatic rings. The zero-order valence-electron chi connectivity index (χ0n) is 8.67. The van der Waals surface area contributed by atoms with Crippen LogP contribution in [-0.4, -0.2) is 41.7 Å². The minimum Gasteiger partial charge on any atom is -0.351 e. The highest BCUT2D eigenvalue weighted by Crippen LogP contribution is 2.10. The molecule has 1 N–H and O–H groups in total. The van der Waals surface area contributed by atoms with Crippen LogP contribution in [0.25, 0.3) is 0 Å². The van der Waals surface area contributed by atoms with Gasteiger partial charge in [0.1, 0.15) is 6.54 Å². The molecule has 0 bridgehead atoms. The number of nitrogens with one attached hydrogen (secondary N) is 1. The summed E-state index contributed by atoms with van der Waals surface area (Å²) in [5.41, 5.74) is 0. The second kappa shape index (κ2) is 4.25. The third-order valence-corrected chi connectivity index (χ3v) is 4.23. The molecule has 2 heterocycles. The molecule has 1 unspecified atom stereocenters. The lowest BCUT2D eigenvalue weighted by atomic mass is 10.2. The molecule has 1 aromatic rings. The summed E-state index contributed by atoms with van der Waals surface area (Å²) < 4.78 is 23.8. The van der Waals surface area contributed by atoms with Crippen molar-refractivity contribution in [1.29, 1.82) is 0 Å². The average Bonchev–Trinajstić information content (AvgIpc) is 2.76. The normalized spacial score (nSPS) is 23.1. The Hall–Kier alpha value is -1.37. The molecular weight excluding hydrogens is 230 g/mol. The number of rotatable bonds is 3. The Morgan fingerprint density at radius 2 is 2.38 bits per heavy atom. The summed E-state index contributed by atoms with van der Waals surface area (Å²) in [4.78, 5) is 11.5. The Balaban J connectivity index is 1.85. The second-order valence-corrected chi connectivity index (χ2v) is 6.10. The highest BCUT2D eigenvalue weighted by Gasteiger charge is 2.28. The molecule has 1 amide bonds. The summed E-state index contributed by atoms with van der Waals surface area (Å²) in [6, 6.07) is 1.49. The fourth-order valence-electron chi connectivity index (χ4n) is 1.72. The van der Waals surface area contributed by atoms with Gasteiger partial charge in [-0.3, -0.25) is 9.48 Å². The van der Waals surface area contributed by atoms with Crippen molar-refractivity contribution >= 4 is 15.7 Å². The SMILES string of the molecule is O=C(Cn1cccn1)NC1CCS(=O)(=O)C1. The van der Waals surface area contributed by atoms with Crippen LogP contribution in [-0.2, 0) is 21.2 Å². The van der Waals surface area contributed by atoms with Gasteiger partial charge in [-0.25, -0.2) is 8.42 Å². The second-order valence-electron chi connectivity index (χ2n) is 3.87. The van der Waals surface area contributed by atoms with Crippen LogP contribution in [0.2, 0.25) is 0 Å². The van der Waals surface area contributed by atoms with E-state index >= 15 is 0 Å². The lowest BCUT2D eigenvalue weighted by Crippen LogP contribution is -2.37. The average molecular weight is 243 g/mol. The molecule has 1 saturated heterocycles. The van der Waals surface area contributed by atoms with Crippen LogP contribution in [0.3, 0.4) is 0 Å². The molecule has 1 atom stereocenters. The third kappa shape index (κ3) is 2.82. The molecule has 16 heavy (non-hydrogen) atoms. The van der Waals surface area contributed by atoms with Gasteiger partial charge in [0.25, 0.3) is 0 Å². The third-order valence-electron chi connectivity index (χ3n) is 2.46. The van der Waals surface area contributed by atoms with E-state index in [1.165, 1.54) is 4.68 Å². The van der Waals surface area contributed by atoms with Crippen molar-refractivity contribution in [2.45, 2.75) is 19.0 Å². The first-order chi connectivity index (χ1) is 7.55. The first kappa shape index (κ1) is 11.1. The van der Waals surface area contributed by atoms with E-state index in [9.17, 15) is 13.2 Å². The van der Waals surface area contributed by atoms with Gasteiger partial charge in [0.15, 0.2) is 9.84 Å². The fraction of sp³-hybridized carbons (Fsp3) is 0.556. The molecule has 0 aromatic carbocycles. The number of sulfone groups is 1. The number of aromatic nitrogens is 2. The van der Waals surface area contributed by atoms with E-state index in [1.54, 1.807) is 18.5 Å². The summed E-state index contributed by atoms with van der Waals surface area (Å²) in [5, 5.41) is 6.59. The zero-order chi connectivity index (χ0) is 11.6. The Morgan fingerprint density at radius 1 is 1.56 bits per heavy atom. The molecule has 1 aromatic heterocycles. The largest absolute Gasteiger partial charge is 0.351 e. The minimum atomic E-state index is -2.94. The zero-order valence-corrected chi connectivity index (χ0v) is 9.48. The predicted molar refractivity (Wildman–Crippen MR) is 57.4 cm³/mol. The van der Waals surface area contributed by atoms with Gasteiger partial charge < -0.3 is 5.32 Å². The quantitative estimate of drug-likeness (QED) is 0.752. The molecule has 0 radical (unpaired) electrons.